The first-order chi connectivity index (χ1) is 17.1. The summed E-state index contributed by atoms with van der Waals surface area (Å²) in [4.78, 5) is 26.5. The van der Waals surface area contributed by atoms with E-state index in [1.165, 1.54) is 11.9 Å². The molecule has 0 radical (unpaired) electrons. The Labute approximate surface area is 203 Å². The number of hydrogen-bond acceptors (Lipinski definition) is 9. The van der Waals surface area contributed by atoms with E-state index in [1.54, 1.807) is 0 Å². The summed E-state index contributed by atoms with van der Waals surface area (Å²) in [6.07, 6.45) is 2.20. The maximum absolute atomic E-state index is 12.1. The molecule has 0 spiro atoms. The predicted octanol–water partition coefficient (Wildman–Crippen LogP) is 3.11. The van der Waals surface area contributed by atoms with Crippen LogP contribution >= 0.6 is 0 Å². The lowest BCUT2D eigenvalue weighted by Gasteiger charge is -2.35. The van der Waals surface area contributed by atoms with Gasteiger partial charge in [-0.05, 0) is 29.7 Å². The fourth-order valence-corrected chi connectivity index (χ4v) is 4.50. The van der Waals surface area contributed by atoms with Crippen LogP contribution in [0.3, 0.4) is 0 Å². The fraction of sp³-hybridized carbons (Fsp3) is 0.360. The molecular weight excluding hydrogens is 448 g/mol. The van der Waals surface area contributed by atoms with Crippen molar-refractivity contribution in [2.24, 2.45) is 0 Å². The van der Waals surface area contributed by atoms with Gasteiger partial charge in [0.1, 0.15) is 6.33 Å². The van der Waals surface area contributed by atoms with E-state index >= 15 is 0 Å². The number of anilines is 2. The summed E-state index contributed by atoms with van der Waals surface area (Å²) in [5, 5.41) is 12.1. The quantitative estimate of drug-likeness (QED) is 0.359. The maximum Gasteiger partial charge on any atom is 0.353 e. The molecular formula is C25H28N6O4. The number of hydrogen-bond donors (Lipinski definition) is 0. The minimum atomic E-state index is -0.358. The van der Waals surface area contributed by atoms with Crippen LogP contribution in [-0.2, 0) is 13.0 Å². The fourth-order valence-electron chi connectivity index (χ4n) is 4.50. The lowest BCUT2D eigenvalue weighted by Crippen LogP contribution is -2.46. The highest BCUT2D eigenvalue weighted by Crippen LogP contribution is 2.35. The van der Waals surface area contributed by atoms with E-state index < -0.39 is 0 Å². The number of ether oxygens (including phenoxy) is 2. The minimum absolute atomic E-state index is 0.0349. The van der Waals surface area contributed by atoms with E-state index in [0.717, 1.165) is 43.1 Å². The van der Waals surface area contributed by atoms with Crippen molar-refractivity contribution < 1.29 is 14.4 Å². The topological polar surface area (TPSA) is 97.1 Å². The zero-order valence-corrected chi connectivity index (χ0v) is 19.7. The summed E-state index contributed by atoms with van der Waals surface area (Å²) in [6, 6.07) is 16.1. The second-order valence-corrected chi connectivity index (χ2v) is 8.73. The highest BCUT2D eigenvalue weighted by molar-refractivity contribution is 5.71. The molecule has 0 aliphatic carbocycles. The average Bonchev–Trinajstić information content (AvgIpc) is 3.36. The van der Waals surface area contributed by atoms with Crippen LogP contribution in [0, 0.1) is 10.1 Å². The van der Waals surface area contributed by atoms with Gasteiger partial charge in [-0.1, -0.05) is 36.4 Å². The molecule has 2 aliphatic rings. The number of rotatable bonds is 8. The first-order valence-corrected chi connectivity index (χ1v) is 11.7. The molecule has 0 saturated carbocycles. The molecule has 3 aromatic rings. The Hall–Kier alpha value is -3.92. The molecule has 5 rings (SSSR count). The molecule has 2 aliphatic heterocycles. The number of nitrogens with zero attached hydrogens (tertiary/aromatic N) is 6. The average molecular weight is 477 g/mol. The SMILES string of the molecule is CN(CCc1ccccc1)c1ncnc(N2CCN(Cc3ccc4c(c3)OCO4)CC2)c1[N+](=O)[O-]. The van der Waals surface area contributed by atoms with Crippen molar-refractivity contribution in [1.29, 1.82) is 0 Å². The predicted molar refractivity (Wildman–Crippen MR) is 132 cm³/mol. The van der Waals surface area contributed by atoms with Gasteiger partial charge in [-0.15, -0.1) is 0 Å². The summed E-state index contributed by atoms with van der Waals surface area (Å²) < 4.78 is 10.9. The van der Waals surface area contributed by atoms with Gasteiger partial charge in [-0.3, -0.25) is 15.0 Å². The molecule has 1 aromatic heterocycles. The van der Waals surface area contributed by atoms with Gasteiger partial charge < -0.3 is 19.3 Å². The monoisotopic (exact) mass is 476 g/mol. The highest BCUT2D eigenvalue weighted by atomic mass is 16.7. The number of nitro groups is 1. The van der Waals surface area contributed by atoms with E-state index in [-0.39, 0.29) is 17.4 Å². The summed E-state index contributed by atoms with van der Waals surface area (Å²) in [5.74, 6) is 2.29. The van der Waals surface area contributed by atoms with Crippen molar-refractivity contribution in [1.82, 2.24) is 14.9 Å². The Bertz CT molecular complexity index is 1180. The number of likely N-dealkylation sites (N-methyl/N-ethyl adjacent to an activating group) is 1. The Morgan fingerprint density at radius 3 is 2.54 bits per heavy atom. The van der Waals surface area contributed by atoms with Crippen LogP contribution in [0.1, 0.15) is 11.1 Å². The Kier molecular flexibility index (Phi) is 6.62. The highest BCUT2D eigenvalue weighted by Gasteiger charge is 2.30. The number of piperazine rings is 1. The van der Waals surface area contributed by atoms with Gasteiger partial charge in [0.25, 0.3) is 0 Å². The van der Waals surface area contributed by atoms with Crippen LogP contribution < -0.4 is 19.3 Å². The van der Waals surface area contributed by atoms with Gasteiger partial charge in [0.2, 0.25) is 18.4 Å². The van der Waals surface area contributed by atoms with E-state index in [0.29, 0.717) is 31.3 Å². The molecule has 0 atom stereocenters. The van der Waals surface area contributed by atoms with Crippen molar-refractivity contribution in [3.05, 3.63) is 76.1 Å². The minimum Gasteiger partial charge on any atom is -0.454 e. The number of benzene rings is 2. The molecule has 0 bridgehead atoms. The smallest absolute Gasteiger partial charge is 0.353 e. The van der Waals surface area contributed by atoms with Crippen molar-refractivity contribution in [3.63, 3.8) is 0 Å². The molecule has 2 aromatic carbocycles. The zero-order chi connectivity index (χ0) is 24.2. The number of aromatic nitrogens is 2. The van der Waals surface area contributed by atoms with Gasteiger partial charge in [-0.2, -0.15) is 0 Å². The third-order valence-electron chi connectivity index (χ3n) is 6.42. The largest absolute Gasteiger partial charge is 0.454 e. The molecule has 10 heteroatoms. The molecule has 0 N–H and O–H groups in total. The molecule has 1 saturated heterocycles. The first kappa shape index (κ1) is 22.9. The second-order valence-electron chi connectivity index (χ2n) is 8.73. The van der Waals surface area contributed by atoms with Crippen LogP contribution in [0.4, 0.5) is 17.3 Å². The lowest BCUT2D eigenvalue weighted by molar-refractivity contribution is -0.383. The second kappa shape index (κ2) is 10.1. The molecule has 1 fully saturated rings. The van der Waals surface area contributed by atoms with Gasteiger partial charge >= 0.3 is 5.69 Å². The van der Waals surface area contributed by atoms with Crippen LogP contribution in [0.25, 0.3) is 0 Å². The van der Waals surface area contributed by atoms with Gasteiger partial charge in [-0.25, -0.2) is 9.97 Å². The van der Waals surface area contributed by atoms with Crippen molar-refractivity contribution in [2.75, 3.05) is 56.4 Å². The maximum atomic E-state index is 12.1. The van der Waals surface area contributed by atoms with Gasteiger partial charge in [0.05, 0.1) is 4.92 Å². The Morgan fingerprint density at radius 1 is 1.00 bits per heavy atom. The van der Waals surface area contributed by atoms with Gasteiger partial charge in [0, 0.05) is 46.3 Å². The van der Waals surface area contributed by atoms with Crippen LogP contribution in [0.2, 0.25) is 0 Å². The van der Waals surface area contributed by atoms with Crippen molar-refractivity contribution in [2.45, 2.75) is 13.0 Å². The normalized spacial score (nSPS) is 15.3. The summed E-state index contributed by atoms with van der Waals surface area (Å²) in [6.45, 7) is 4.50. The van der Waals surface area contributed by atoms with Gasteiger partial charge in [0.15, 0.2) is 11.5 Å². The molecule has 35 heavy (non-hydrogen) atoms. The lowest BCUT2D eigenvalue weighted by atomic mass is 10.1. The van der Waals surface area contributed by atoms with Crippen LogP contribution in [0.5, 0.6) is 11.5 Å². The Morgan fingerprint density at radius 2 is 1.77 bits per heavy atom. The molecule has 3 heterocycles. The number of fused-ring (bicyclic) bond motifs is 1. The molecule has 182 valence electrons. The van der Waals surface area contributed by atoms with E-state index in [9.17, 15) is 10.1 Å². The summed E-state index contributed by atoms with van der Waals surface area (Å²) >= 11 is 0. The molecule has 0 amide bonds. The third-order valence-corrected chi connectivity index (χ3v) is 6.42. The molecule has 10 nitrogen and oxygen atoms in total. The van der Waals surface area contributed by atoms with E-state index in [2.05, 4.69) is 27.0 Å². The van der Waals surface area contributed by atoms with E-state index in [4.69, 9.17) is 9.47 Å². The third kappa shape index (κ3) is 5.12. The first-order valence-electron chi connectivity index (χ1n) is 11.7. The van der Waals surface area contributed by atoms with Crippen molar-refractivity contribution in [3.8, 4) is 11.5 Å². The standard InChI is InChI=1S/C25H28N6O4/c1-28(10-9-19-5-3-2-4-6-19)24-23(31(32)33)25(27-17-26-24)30-13-11-29(12-14-30)16-20-7-8-21-22(15-20)35-18-34-21/h2-8,15,17H,9-14,16,18H2,1H3. The molecule has 0 unspecified atom stereocenters. The summed E-state index contributed by atoms with van der Waals surface area (Å²) in [5.41, 5.74) is 2.29. The van der Waals surface area contributed by atoms with Crippen LogP contribution in [-0.4, -0.2) is 66.4 Å². The van der Waals surface area contributed by atoms with Crippen molar-refractivity contribution >= 4 is 17.3 Å². The van der Waals surface area contributed by atoms with E-state index in [1.807, 2.05) is 53.2 Å². The zero-order valence-electron chi connectivity index (χ0n) is 19.7. The summed E-state index contributed by atoms with van der Waals surface area (Å²) in [7, 11) is 1.84. The Balaban J connectivity index is 1.25. The van der Waals surface area contributed by atoms with Crippen LogP contribution in [0.15, 0.2) is 54.9 Å².